The molecule has 3 rings (SSSR count). The zero-order chi connectivity index (χ0) is 14.9. The minimum absolute atomic E-state index is 0.323. The highest BCUT2D eigenvalue weighted by atomic mass is 16.1. The molecule has 1 aromatic carbocycles. The first-order chi connectivity index (χ1) is 10.2. The van der Waals surface area contributed by atoms with E-state index >= 15 is 0 Å². The summed E-state index contributed by atoms with van der Waals surface area (Å²) in [4.78, 5) is 15.7. The quantitative estimate of drug-likeness (QED) is 0.747. The number of rotatable bonds is 5. The SMILES string of the molecule is CCC(C)(C(=O)c1ccccc1C1CCC1)N1CCCC1. The third kappa shape index (κ3) is 2.55. The Kier molecular flexibility index (Phi) is 4.17. The van der Waals surface area contributed by atoms with Crippen LogP contribution in [-0.4, -0.2) is 29.3 Å². The molecule has 1 heterocycles. The zero-order valence-corrected chi connectivity index (χ0v) is 13.4. The summed E-state index contributed by atoms with van der Waals surface area (Å²) >= 11 is 0. The molecule has 21 heavy (non-hydrogen) atoms. The average Bonchev–Trinajstić information content (AvgIpc) is 2.99. The van der Waals surface area contributed by atoms with Crippen LogP contribution in [-0.2, 0) is 0 Å². The maximum atomic E-state index is 13.3. The van der Waals surface area contributed by atoms with E-state index in [1.807, 2.05) is 6.07 Å². The van der Waals surface area contributed by atoms with Crippen LogP contribution in [0.3, 0.4) is 0 Å². The molecule has 2 fully saturated rings. The molecule has 1 unspecified atom stereocenters. The first kappa shape index (κ1) is 14.8. The Hall–Kier alpha value is -1.15. The molecular formula is C19H27NO. The van der Waals surface area contributed by atoms with Gasteiger partial charge in [-0.1, -0.05) is 37.6 Å². The summed E-state index contributed by atoms with van der Waals surface area (Å²) < 4.78 is 0. The Morgan fingerprint density at radius 2 is 1.86 bits per heavy atom. The Balaban J connectivity index is 1.93. The van der Waals surface area contributed by atoms with Gasteiger partial charge in [-0.25, -0.2) is 0 Å². The maximum Gasteiger partial charge on any atom is 0.183 e. The molecule has 0 aromatic heterocycles. The van der Waals surface area contributed by atoms with E-state index in [0.717, 1.165) is 25.1 Å². The fourth-order valence-electron chi connectivity index (χ4n) is 3.81. The number of carbonyl (C=O) groups is 1. The summed E-state index contributed by atoms with van der Waals surface area (Å²) in [5.41, 5.74) is 1.96. The van der Waals surface area contributed by atoms with Gasteiger partial charge >= 0.3 is 0 Å². The highest BCUT2D eigenvalue weighted by molar-refractivity contribution is 6.04. The predicted octanol–water partition coefficient (Wildman–Crippen LogP) is 4.40. The van der Waals surface area contributed by atoms with Crippen molar-refractivity contribution in [3.8, 4) is 0 Å². The van der Waals surface area contributed by atoms with Crippen molar-refractivity contribution in [1.29, 1.82) is 0 Å². The van der Waals surface area contributed by atoms with Crippen molar-refractivity contribution in [2.75, 3.05) is 13.1 Å². The monoisotopic (exact) mass is 285 g/mol. The van der Waals surface area contributed by atoms with Crippen LogP contribution >= 0.6 is 0 Å². The lowest BCUT2D eigenvalue weighted by atomic mass is 9.75. The highest BCUT2D eigenvalue weighted by Gasteiger charge is 2.40. The van der Waals surface area contributed by atoms with Crippen molar-refractivity contribution in [3.63, 3.8) is 0 Å². The Labute approximate surface area is 128 Å². The second kappa shape index (κ2) is 5.92. The normalized spacial score (nSPS) is 22.8. The van der Waals surface area contributed by atoms with Gasteiger partial charge in [0.1, 0.15) is 0 Å². The van der Waals surface area contributed by atoms with E-state index in [9.17, 15) is 4.79 Å². The van der Waals surface area contributed by atoms with Gasteiger partial charge < -0.3 is 0 Å². The van der Waals surface area contributed by atoms with Crippen molar-refractivity contribution in [1.82, 2.24) is 4.90 Å². The van der Waals surface area contributed by atoms with Crippen LogP contribution in [0.5, 0.6) is 0 Å². The van der Waals surface area contributed by atoms with Gasteiger partial charge in [0, 0.05) is 5.56 Å². The van der Waals surface area contributed by atoms with E-state index in [4.69, 9.17) is 0 Å². The smallest absolute Gasteiger partial charge is 0.183 e. The topological polar surface area (TPSA) is 20.3 Å². The molecule has 1 atom stereocenters. The second-order valence-corrected chi connectivity index (χ2v) is 6.87. The maximum absolute atomic E-state index is 13.3. The first-order valence-electron chi connectivity index (χ1n) is 8.55. The number of carbonyl (C=O) groups excluding carboxylic acids is 1. The van der Waals surface area contributed by atoms with Gasteiger partial charge in [-0.05, 0) is 63.6 Å². The molecule has 2 nitrogen and oxygen atoms in total. The van der Waals surface area contributed by atoms with Crippen LogP contribution in [0.1, 0.15) is 74.2 Å². The zero-order valence-electron chi connectivity index (χ0n) is 13.4. The van der Waals surface area contributed by atoms with Gasteiger partial charge in [0.25, 0.3) is 0 Å². The molecule has 2 heteroatoms. The van der Waals surface area contributed by atoms with Crippen LogP contribution in [0.4, 0.5) is 0 Å². The number of Topliss-reactive ketones (excluding diaryl/α,β-unsaturated/α-hetero) is 1. The van der Waals surface area contributed by atoms with Gasteiger partial charge in [-0.15, -0.1) is 0 Å². The van der Waals surface area contributed by atoms with Crippen molar-refractivity contribution < 1.29 is 4.79 Å². The summed E-state index contributed by atoms with van der Waals surface area (Å²) in [5, 5.41) is 0. The first-order valence-corrected chi connectivity index (χ1v) is 8.55. The molecule has 1 aliphatic heterocycles. The van der Waals surface area contributed by atoms with Gasteiger partial charge in [-0.2, -0.15) is 0 Å². The van der Waals surface area contributed by atoms with Gasteiger partial charge in [0.15, 0.2) is 5.78 Å². The standard InChI is InChI=1S/C19H27NO/c1-3-19(2,20-13-6-7-14-20)18(21)17-12-5-4-11-16(17)15-9-8-10-15/h4-5,11-12,15H,3,6-10,13-14H2,1-2H3. The molecule has 0 bridgehead atoms. The molecule has 0 radical (unpaired) electrons. The van der Waals surface area contributed by atoms with E-state index in [1.165, 1.54) is 37.7 Å². The summed E-state index contributed by atoms with van der Waals surface area (Å²) in [7, 11) is 0. The Morgan fingerprint density at radius 3 is 2.43 bits per heavy atom. The van der Waals surface area contributed by atoms with E-state index < -0.39 is 0 Å². The van der Waals surface area contributed by atoms with Gasteiger partial charge in [0.2, 0.25) is 0 Å². The van der Waals surface area contributed by atoms with Gasteiger partial charge in [-0.3, -0.25) is 9.69 Å². The number of hydrogen-bond donors (Lipinski definition) is 0. The minimum Gasteiger partial charge on any atom is -0.292 e. The lowest BCUT2D eigenvalue weighted by Gasteiger charge is -2.38. The lowest BCUT2D eigenvalue weighted by molar-refractivity contribution is 0.0645. The molecule has 1 aromatic rings. The largest absolute Gasteiger partial charge is 0.292 e. The number of likely N-dealkylation sites (tertiary alicyclic amines) is 1. The summed E-state index contributed by atoms with van der Waals surface area (Å²) in [6, 6.07) is 8.34. The molecule has 0 amide bonds. The van der Waals surface area contributed by atoms with Crippen LogP contribution in [0.25, 0.3) is 0 Å². The van der Waals surface area contributed by atoms with Crippen LogP contribution in [0.15, 0.2) is 24.3 Å². The molecule has 1 aliphatic carbocycles. The number of ketones is 1. The fraction of sp³-hybridized carbons (Fsp3) is 0.632. The van der Waals surface area contributed by atoms with Crippen LogP contribution < -0.4 is 0 Å². The van der Waals surface area contributed by atoms with Crippen molar-refractivity contribution in [2.45, 2.75) is 63.8 Å². The third-order valence-corrected chi connectivity index (χ3v) is 5.73. The van der Waals surface area contributed by atoms with Gasteiger partial charge in [0.05, 0.1) is 5.54 Å². The summed E-state index contributed by atoms with van der Waals surface area (Å²) in [6.07, 6.45) is 7.16. The average molecular weight is 285 g/mol. The third-order valence-electron chi connectivity index (χ3n) is 5.73. The summed E-state index contributed by atoms with van der Waals surface area (Å²) in [6.45, 7) is 6.45. The predicted molar refractivity (Wildman–Crippen MR) is 86.9 cm³/mol. The number of hydrogen-bond acceptors (Lipinski definition) is 2. The fourth-order valence-corrected chi connectivity index (χ4v) is 3.81. The van der Waals surface area contributed by atoms with Crippen molar-refractivity contribution >= 4 is 5.78 Å². The molecule has 1 saturated heterocycles. The van der Waals surface area contributed by atoms with E-state index in [-0.39, 0.29) is 5.54 Å². The summed E-state index contributed by atoms with van der Waals surface area (Å²) in [5.74, 6) is 0.958. The molecule has 2 aliphatic rings. The van der Waals surface area contributed by atoms with E-state index in [1.54, 1.807) is 0 Å². The molecule has 1 saturated carbocycles. The molecule has 0 N–H and O–H groups in total. The Bertz CT molecular complexity index is 514. The molecule has 114 valence electrons. The van der Waals surface area contributed by atoms with Crippen LogP contribution in [0.2, 0.25) is 0 Å². The Morgan fingerprint density at radius 1 is 1.19 bits per heavy atom. The highest BCUT2D eigenvalue weighted by Crippen LogP contribution is 2.39. The number of benzene rings is 1. The number of nitrogens with zero attached hydrogens (tertiary/aromatic N) is 1. The van der Waals surface area contributed by atoms with Crippen molar-refractivity contribution in [2.24, 2.45) is 0 Å². The van der Waals surface area contributed by atoms with E-state index in [0.29, 0.717) is 11.7 Å². The van der Waals surface area contributed by atoms with Crippen LogP contribution in [0, 0.1) is 0 Å². The lowest BCUT2D eigenvalue weighted by Crippen LogP contribution is -2.51. The molecular weight excluding hydrogens is 258 g/mol. The van der Waals surface area contributed by atoms with Crippen molar-refractivity contribution in [3.05, 3.63) is 35.4 Å². The second-order valence-electron chi connectivity index (χ2n) is 6.87. The molecule has 0 spiro atoms. The van der Waals surface area contributed by atoms with E-state index in [2.05, 4.69) is 36.9 Å². The minimum atomic E-state index is -0.323.